The molecule has 10 heteroatoms. The second kappa shape index (κ2) is 10.9. The van der Waals surface area contributed by atoms with Crippen molar-refractivity contribution in [1.82, 2.24) is 19.1 Å². The van der Waals surface area contributed by atoms with Crippen molar-refractivity contribution in [2.45, 2.75) is 49.3 Å². The summed E-state index contributed by atoms with van der Waals surface area (Å²) < 4.78 is 32.1. The minimum absolute atomic E-state index is 0.0405. The topological polar surface area (TPSA) is 121 Å². The molecule has 0 amide bonds. The lowest BCUT2D eigenvalue weighted by molar-refractivity contribution is 0.0791. The van der Waals surface area contributed by atoms with Crippen molar-refractivity contribution in [3.05, 3.63) is 142 Å². The molecule has 8 rings (SSSR count). The molecule has 8 nitrogen and oxygen atoms in total. The first-order chi connectivity index (χ1) is 21.8. The van der Waals surface area contributed by atoms with E-state index in [4.69, 9.17) is 10.5 Å². The van der Waals surface area contributed by atoms with E-state index >= 15 is 0 Å². The quantitative estimate of drug-likeness (QED) is 0.267. The van der Waals surface area contributed by atoms with Crippen LogP contribution in [-0.2, 0) is 5.60 Å². The molecule has 0 spiro atoms. The summed E-state index contributed by atoms with van der Waals surface area (Å²) in [5.74, 6) is -0.351. The fourth-order valence-electron chi connectivity index (χ4n) is 6.49. The average molecular weight is 601 g/mol. The third-order valence-corrected chi connectivity index (χ3v) is 8.97. The molecule has 3 aromatic carbocycles. The summed E-state index contributed by atoms with van der Waals surface area (Å²) in [7, 11) is 0. The number of fused-ring (bicyclic) bond motifs is 2. The van der Waals surface area contributed by atoms with Crippen LogP contribution in [-0.4, -0.2) is 30.0 Å². The van der Waals surface area contributed by atoms with Gasteiger partial charge >= 0.3 is 0 Å². The van der Waals surface area contributed by atoms with Crippen LogP contribution >= 0.6 is 0 Å². The number of Topliss-reactive ketones (excluding diaryl/α,β-unsaturated/α-hetero) is 1. The summed E-state index contributed by atoms with van der Waals surface area (Å²) >= 11 is 0. The first-order valence-corrected chi connectivity index (χ1v) is 14.6. The van der Waals surface area contributed by atoms with Crippen LogP contribution in [0.1, 0.15) is 93.2 Å². The normalized spacial score (nSPS) is 21.3. The number of hydrogen-bond acceptors (Lipinski definition) is 6. The van der Waals surface area contributed by atoms with Gasteiger partial charge in [0.1, 0.15) is 22.9 Å². The SMILES string of the molecule is N#Cc1ccc([C@H]2CC(=O)c3cncn32)c(F)c1.N#Cc1ccc([C@H]2C[C@](O)(c3cccc(C4CC4)c3)c3cncn32)c(F)c1. The van der Waals surface area contributed by atoms with E-state index in [9.17, 15) is 18.7 Å². The van der Waals surface area contributed by atoms with Gasteiger partial charge in [0.25, 0.3) is 0 Å². The minimum Gasteiger partial charge on any atom is -0.379 e. The zero-order valence-corrected chi connectivity index (χ0v) is 23.9. The Morgan fingerprint density at radius 1 is 0.844 bits per heavy atom. The number of halogens is 2. The summed E-state index contributed by atoms with van der Waals surface area (Å²) in [6, 6.07) is 20.0. The van der Waals surface area contributed by atoms with Gasteiger partial charge in [0.15, 0.2) is 5.78 Å². The second-order valence-electron chi connectivity index (χ2n) is 11.7. The molecular weight excluding hydrogens is 574 g/mol. The number of nitriles is 2. The van der Waals surface area contributed by atoms with E-state index in [0.29, 0.717) is 34.9 Å². The number of benzene rings is 3. The predicted octanol–water partition coefficient (Wildman–Crippen LogP) is 6.07. The number of nitrogens with zero attached hydrogens (tertiary/aromatic N) is 6. The zero-order chi connectivity index (χ0) is 31.3. The molecule has 222 valence electrons. The third kappa shape index (κ3) is 4.90. The minimum atomic E-state index is -1.22. The van der Waals surface area contributed by atoms with Crippen molar-refractivity contribution in [1.29, 1.82) is 10.5 Å². The van der Waals surface area contributed by atoms with Crippen molar-refractivity contribution >= 4 is 5.78 Å². The van der Waals surface area contributed by atoms with Crippen molar-refractivity contribution in [3.8, 4) is 12.1 Å². The first-order valence-electron chi connectivity index (χ1n) is 14.6. The van der Waals surface area contributed by atoms with Gasteiger partial charge in [0.05, 0.1) is 66.1 Å². The largest absolute Gasteiger partial charge is 0.379 e. The lowest BCUT2D eigenvalue weighted by Crippen LogP contribution is -2.24. The molecule has 0 saturated heterocycles. The van der Waals surface area contributed by atoms with E-state index in [0.717, 1.165) is 5.56 Å². The Hall–Kier alpha value is -5.45. The number of aliphatic hydroxyl groups is 1. The maximum Gasteiger partial charge on any atom is 0.183 e. The van der Waals surface area contributed by atoms with Crippen LogP contribution in [0.25, 0.3) is 0 Å². The van der Waals surface area contributed by atoms with Crippen LogP contribution in [0, 0.1) is 34.3 Å². The average Bonchev–Trinajstić information content (AvgIpc) is 3.35. The zero-order valence-electron chi connectivity index (χ0n) is 23.9. The van der Waals surface area contributed by atoms with Gasteiger partial charge in [-0.05, 0) is 54.2 Å². The molecule has 0 radical (unpaired) electrons. The smallest absolute Gasteiger partial charge is 0.183 e. The fourth-order valence-corrected chi connectivity index (χ4v) is 6.49. The van der Waals surface area contributed by atoms with Crippen LogP contribution in [0.4, 0.5) is 8.78 Å². The lowest BCUT2D eigenvalue weighted by Gasteiger charge is -2.24. The molecule has 1 saturated carbocycles. The summed E-state index contributed by atoms with van der Waals surface area (Å²) in [4.78, 5) is 19.8. The number of hydrogen-bond donors (Lipinski definition) is 1. The molecule has 1 aliphatic carbocycles. The van der Waals surface area contributed by atoms with Gasteiger partial charge in [0, 0.05) is 24.0 Å². The van der Waals surface area contributed by atoms with Crippen LogP contribution in [0.15, 0.2) is 85.7 Å². The van der Waals surface area contributed by atoms with Crippen molar-refractivity contribution < 1.29 is 18.7 Å². The molecule has 2 aliphatic heterocycles. The highest BCUT2D eigenvalue weighted by Crippen LogP contribution is 2.48. The van der Waals surface area contributed by atoms with Crippen LogP contribution in [0.2, 0.25) is 0 Å². The van der Waals surface area contributed by atoms with Crippen molar-refractivity contribution in [2.75, 3.05) is 0 Å². The van der Waals surface area contributed by atoms with Gasteiger partial charge in [-0.1, -0.05) is 36.4 Å². The standard InChI is InChI=1S/C22H18FN3O.C13H8FN3O/c23-19-8-14(11-24)4-7-18(19)20-10-22(27,21-12-25-13-26(20)21)17-3-1-2-16(9-17)15-5-6-15;14-10-3-8(5-15)1-2-9(10)11-4-13(18)12-6-16-7-17(11)12/h1-4,7-9,12-13,15,20,27H,5-6,10H2;1-3,6-7,11H,4H2/t20-,22+;11-/m11/s1. The van der Waals surface area contributed by atoms with Gasteiger partial charge in [-0.2, -0.15) is 10.5 Å². The van der Waals surface area contributed by atoms with Crippen LogP contribution < -0.4 is 0 Å². The summed E-state index contributed by atoms with van der Waals surface area (Å²) in [5, 5.41) is 29.3. The molecule has 5 aromatic rings. The number of carbonyl (C=O) groups is 1. The number of imidazole rings is 2. The second-order valence-corrected chi connectivity index (χ2v) is 11.7. The summed E-state index contributed by atoms with van der Waals surface area (Å²) in [6.45, 7) is 0. The summed E-state index contributed by atoms with van der Waals surface area (Å²) in [5.41, 5.74) is 3.46. The van der Waals surface area contributed by atoms with Gasteiger partial charge < -0.3 is 14.2 Å². The van der Waals surface area contributed by atoms with E-state index < -0.39 is 17.2 Å². The maximum absolute atomic E-state index is 14.7. The van der Waals surface area contributed by atoms with Crippen LogP contribution in [0.3, 0.4) is 0 Å². The highest BCUT2D eigenvalue weighted by Gasteiger charge is 2.46. The number of rotatable bonds is 4. The number of carbonyl (C=O) groups excluding carboxylic acids is 1. The lowest BCUT2D eigenvalue weighted by atomic mass is 9.85. The Morgan fingerprint density at radius 3 is 2.13 bits per heavy atom. The highest BCUT2D eigenvalue weighted by atomic mass is 19.1. The van der Waals surface area contributed by atoms with E-state index in [1.165, 1.54) is 43.1 Å². The number of aromatic nitrogens is 4. The molecule has 1 fully saturated rings. The van der Waals surface area contributed by atoms with Crippen molar-refractivity contribution in [2.24, 2.45) is 0 Å². The van der Waals surface area contributed by atoms with E-state index in [2.05, 4.69) is 22.1 Å². The molecule has 0 unspecified atom stereocenters. The Kier molecular flexibility index (Phi) is 6.87. The van der Waals surface area contributed by atoms with Gasteiger partial charge in [-0.15, -0.1) is 0 Å². The monoisotopic (exact) mass is 600 g/mol. The predicted molar refractivity (Wildman–Crippen MR) is 158 cm³/mol. The van der Waals surface area contributed by atoms with Crippen LogP contribution in [0.5, 0.6) is 0 Å². The first kappa shape index (κ1) is 28.3. The van der Waals surface area contributed by atoms with Gasteiger partial charge in [-0.3, -0.25) is 4.79 Å². The summed E-state index contributed by atoms with van der Waals surface area (Å²) in [6.07, 6.45) is 9.28. The Balaban J connectivity index is 0.000000157. The molecule has 3 atom stereocenters. The molecular formula is C35H26F2N6O2. The molecule has 3 aliphatic rings. The fraction of sp³-hybridized carbons (Fsp3) is 0.229. The Labute approximate surface area is 257 Å². The number of ketones is 1. The van der Waals surface area contributed by atoms with E-state index in [1.54, 1.807) is 41.4 Å². The molecule has 45 heavy (non-hydrogen) atoms. The highest BCUT2D eigenvalue weighted by molar-refractivity contribution is 5.97. The Morgan fingerprint density at radius 2 is 1.49 bits per heavy atom. The maximum atomic E-state index is 14.7. The van der Waals surface area contributed by atoms with Crippen molar-refractivity contribution in [3.63, 3.8) is 0 Å². The van der Waals surface area contributed by atoms with E-state index in [-0.39, 0.29) is 35.4 Å². The molecule has 2 aromatic heterocycles. The van der Waals surface area contributed by atoms with Gasteiger partial charge in [-0.25, -0.2) is 18.7 Å². The molecule has 0 bridgehead atoms. The third-order valence-electron chi connectivity index (χ3n) is 8.97. The van der Waals surface area contributed by atoms with E-state index in [1.807, 2.05) is 28.8 Å². The molecule has 1 N–H and O–H groups in total. The Bertz CT molecular complexity index is 2050. The van der Waals surface area contributed by atoms with Gasteiger partial charge in [0.2, 0.25) is 0 Å². The molecule has 4 heterocycles.